The fourth-order valence-electron chi connectivity index (χ4n) is 1.81. The summed E-state index contributed by atoms with van der Waals surface area (Å²) in [7, 11) is -3.88. The van der Waals surface area contributed by atoms with Gasteiger partial charge in [-0.25, -0.2) is 13.2 Å². The highest BCUT2D eigenvalue weighted by Gasteiger charge is 2.20. The summed E-state index contributed by atoms with van der Waals surface area (Å²) >= 11 is 5.81. The van der Waals surface area contributed by atoms with E-state index in [0.717, 1.165) is 5.56 Å². The largest absolute Gasteiger partial charge is 0.478 e. The quantitative estimate of drug-likeness (QED) is 0.904. The Labute approximate surface area is 127 Å². The van der Waals surface area contributed by atoms with Crippen LogP contribution in [0, 0.1) is 6.92 Å². The number of carboxylic acid groups (broad SMARTS) is 1. The molecule has 0 saturated heterocycles. The topological polar surface area (TPSA) is 83.5 Å². The Morgan fingerprint density at radius 3 is 2.48 bits per heavy atom. The monoisotopic (exact) mass is 325 g/mol. The highest BCUT2D eigenvalue weighted by atomic mass is 35.5. The first kappa shape index (κ1) is 15.3. The summed E-state index contributed by atoms with van der Waals surface area (Å²) in [5, 5.41) is 9.10. The number of aryl methyl sites for hydroxylation is 1. The van der Waals surface area contributed by atoms with Gasteiger partial charge in [-0.1, -0.05) is 29.8 Å². The first-order chi connectivity index (χ1) is 9.81. The summed E-state index contributed by atoms with van der Waals surface area (Å²) in [4.78, 5) is 11.3. The standard InChI is InChI=1S/C14H12ClNO4S/c1-9-4-2-5-10(8-9)21(19,20)16-12-7-3-6-11(15)13(12)14(17)18/h2-8,16H,1H3,(H,17,18). The molecule has 0 heterocycles. The second-order valence-electron chi connectivity index (χ2n) is 4.39. The van der Waals surface area contributed by atoms with Crippen molar-refractivity contribution in [3.05, 3.63) is 58.6 Å². The number of carboxylic acids is 1. The van der Waals surface area contributed by atoms with Gasteiger partial charge in [0.15, 0.2) is 0 Å². The first-order valence-electron chi connectivity index (χ1n) is 5.92. The molecule has 0 unspecified atom stereocenters. The Morgan fingerprint density at radius 1 is 1.19 bits per heavy atom. The summed E-state index contributed by atoms with van der Waals surface area (Å²) in [5.74, 6) is -1.30. The molecule has 7 heteroatoms. The van der Waals surface area contributed by atoms with Crippen LogP contribution in [-0.4, -0.2) is 19.5 Å². The van der Waals surface area contributed by atoms with E-state index in [-0.39, 0.29) is 21.2 Å². The van der Waals surface area contributed by atoms with Crippen molar-refractivity contribution in [3.8, 4) is 0 Å². The van der Waals surface area contributed by atoms with E-state index < -0.39 is 16.0 Å². The van der Waals surface area contributed by atoms with Gasteiger partial charge in [0.2, 0.25) is 0 Å². The zero-order valence-corrected chi connectivity index (χ0v) is 12.6. The zero-order valence-electron chi connectivity index (χ0n) is 11.0. The van der Waals surface area contributed by atoms with Crippen molar-refractivity contribution in [2.75, 3.05) is 4.72 Å². The van der Waals surface area contributed by atoms with Crippen molar-refractivity contribution < 1.29 is 18.3 Å². The van der Waals surface area contributed by atoms with Crippen LogP contribution in [0.25, 0.3) is 0 Å². The lowest BCUT2D eigenvalue weighted by molar-refractivity contribution is 0.0698. The zero-order chi connectivity index (χ0) is 15.6. The molecular weight excluding hydrogens is 314 g/mol. The predicted molar refractivity (Wildman–Crippen MR) is 80.4 cm³/mol. The van der Waals surface area contributed by atoms with Gasteiger partial charge in [0.1, 0.15) is 5.56 Å². The molecule has 21 heavy (non-hydrogen) atoms. The molecule has 0 bridgehead atoms. The summed E-state index contributed by atoms with van der Waals surface area (Å²) in [6.07, 6.45) is 0. The maximum atomic E-state index is 12.3. The van der Waals surface area contributed by atoms with Crippen molar-refractivity contribution in [1.82, 2.24) is 0 Å². The highest BCUT2D eigenvalue weighted by Crippen LogP contribution is 2.26. The van der Waals surface area contributed by atoms with Crippen LogP contribution >= 0.6 is 11.6 Å². The average molecular weight is 326 g/mol. The number of rotatable bonds is 4. The summed E-state index contributed by atoms with van der Waals surface area (Å²) in [6.45, 7) is 1.76. The van der Waals surface area contributed by atoms with Gasteiger partial charge in [0.25, 0.3) is 10.0 Å². The molecule has 0 spiro atoms. The van der Waals surface area contributed by atoms with Crippen LogP contribution < -0.4 is 4.72 Å². The van der Waals surface area contributed by atoms with E-state index in [9.17, 15) is 13.2 Å². The van der Waals surface area contributed by atoms with Gasteiger partial charge in [0, 0.05) is 0 Å². The lowest BCUT2D eigenvalue weighted by Crippen LogP contribution is -2.16. The van der Waals surface area contributed by atoms with Gasteiger partial charge < -0.3 is 5.11 Å². The lowest BCUT2D eigenvalue weighted by Gasteiger charge is -2.11. The molecule has 0 aliphatic heterocycles. The number of hydrogen-bond acceptors (Lipinski definition) is 3. The Morgan fingerprint density at radius 2 is 1.86 bits per heavy atom. The third kappa shape index (κ3) is 3.34. The maximum absolute atomic E-state index is 12.3. The normalized spacial score (nSPS) is 11.1. The van der Waals surface area contributed by atoms with Crippen LogP contribution in [0.5, 0.6) is 0 Å². The number of halogens is 1. The van der Waals surface area contributed by atoms with Crippen molar-refractivity contribution in [2.45, 2.75) is 11.8 Å². The predicted octanol–water partition coefficient (Wildman–Crippen LogP) is 3.15. The third-order valence-electron chi connectivity index (χ3n) is 2.77. The van der Waals surface area contributed by atoms with Crippen molar-refractivity contribution >= 4 is 33.3 Å². The fourth-order valence-corrected chi connectivity index (χ4v) is 3.24. The number of benzene rings is 2. The van der Waals surface area contributed by atoms with Crippen LogP contribution in [-0.2, 0) is 10.0 Å². The highest BCUT2D eigenvalue weighted by molar-refractivity contribution is 7.92. The number of anilines is 1. The molecule has 0 fully saturated rings. The smallest absolute Gasteiger partial charge is 0.339 e. The molecule has 0 radical (unpaired) electrons. The number of nitrogens with one attached hydrogen (secondary N) is 1. The van der Waals surface area contributed by atoms with Gasteiger partial charge >= 0.3 is 5.97 Å². The minimum absolute atomic E-state index is 0.0352. The minimum Gasteiger partial charge on any atom is -0.478 e. The lowest BCUT2D eigenvalue weighted by atomic mass is 10.2. The molecule has 0 atom stereocenters. The molecule has 0 aromatic heterocycles. The summed E-state index contributed by atoms with van der Waals surface area (Å²) in [5.41, 5.74) is 0.425. The number of hydrogen-bond donors (Lipinski definition) is 2. The van der Waals surface area contributed by atoms with E-state index >= 15 is 0 Å². The average Bonchev–Trinajstić information content (AvgIpc) is 2.37. The second kappa shape index (κ2) is 5.75. The SMILES string of the molecule is Cc1cccc(S(=O)(=O)Nc2cccc(Cl)c2C(=O)O)c1. The van der Waals surface area contributed by atoms with E-state index in [1.165, 1.54) is 30.3 Å². The molecule has 110 valence electrons. The number of aromatic carboxylic acids is 1. The second-order valence-corrected chi connectivity index (χ2v) is 6.48. The van der Waals surface area contributed by atoms with E-state index in [1.807, 2.05) is 0 Å². The first-order valence-corrected chi connectivity index (χ1v) is 7.78. The van der Waals surface area contributed by atoms with Crippen LogP contribution in [0.3, 0.4) is 0 Å². The molecule has 2 N–H and O–H groups in total. The molecule has 0 amide bonds. The maximum Gasteiger partial charge on any atom is 0.339 e. The molecule has 5 nitrogen and oxygen atoms in total. The Bertz CT molecular complexity index is 802. The molecule has 0 saturated carbocycles. The van der Waals surface area contributed by atoms with Crippen LogP contribution in [0.4, 0.5) is 5.69 Å². The van der Waals surface area contributed by atoms with E-state index in [0.29, 0.717) is 0 Å². The Balaban J connectivity index is 2.47. The number of carbonyl (C=O) groups is 1. The van der Waals surface area contributed by atoms with Crippen LogP contribution in [0.15, 0.2) is 47.4 Å². The Kier molecular flexibility index (Phi) is 4.20. The molecule has 2 aromatic carbocycles. The van der Waals surface area contributed by atoms with Crippen molar-refractivity contribution in [1.29, 1.82) is 0 Å². The van der Waals surface area contributed by atoms with E-state index in [2.05, 4.69) is 4.72 Å². The van der Waals surface area contributed by atoms with Gasteiger partial charge in [-0.05, 0) is 36.8 Å². The van der Waals surface area contributed by atoms with Crippen molar-refractivity contribution in [3.63, 3.8) is 0 Å². The van der Waals surface area contributed by atoms with Gasteiger partial charge in [-0.3, -0.25) is 4.72 Å². The molecule has 2 aromatic rings. The van der Waals surface area contributed by atoms with Gasteiger partial charge in [0.05, 0.1) is 15.6 Å². The molecule has 2 rings (SSSR count). The minimum atomic E-state index is -3.88. The van der Waals surface area contributed by atoms with Gasteiger partial charge in [-0.15, -0.1) is 0 Å². The van der Waals surface area contributed by atoms with Crippen molar-refractivity contribution in [2.24, 2.45) is 0 Å². The summed E-state index contributed by atoms with van der Waals surface area (Å²) < 4.78 is 26.8. The summed E-state index contributed by atoms with van der Waals surface area (Å²) in [6, 6.07) is 10.5. The van der Waals surface area contributed by atoms with Crippen LogP contribution in [0.2, 0.25) is 5.02 Å². The number of sulfonamides is 1. The molecule has 0 aliphatic rings. The van der Waals surface area contributed by atoms with Gasteiger partial charge in [-0.2, -0.15) is 0 Å². The Hall–Kier alpha value is -2.05. The van der Waals surface area contributed by atoms with E-state index in [4.69, 9.17) is 16.7 Å². The van der Waals surface area contributed by atoms with E-state index in [1.54, 1.807) is 19.1 Å². The fraction of sp³-hybridized carbons (Fsp3) is 0.0714. The molecular formula is C14H12ClNO4S. The van der Waals surface area contributed by atoms with Crippen LogP contribution in [0.1, 0.15) is 15.9 Å². The third-order valence-corrected chi connectivity index (χ3v) is 4.45. The molecule has 0 aliphatic carbocycles.